The van der Waals surface area contributed by atoms with E-state index in [0.29, 0.717) is 5.56 Å². The number of carbonyl (C=O) groups excluding carboxylic acids is 2. The van der Waals surface area contributed by atoms with Crippen LogP contribution in [0.2, 0.25) is 0 Å². The number of amides is 2. The summed E-state index contributed by atoms with van der Waals surface area (Å²) in [7, 11) is 0. The Hall–Kier alpha value is -2.69. The smallest absolute Gasteiger partial charge is 0.259 e. The van der Waals surface area contributed by atoms with Gasteiger partial charge in [-0.05, 0) is 24.6 Å². The fraction of sp³-hybridized carbons (Fsp3) is 0.300. The lowest BCUT2D eigenvalue weighted by Gasteiger charge is -2.20. The minimum absolute atomic E-state index is 0.0190. The highest BCUT2D eigenvalue weighted by Crippen LogP contribution is 2.27. The molecule has 1 aliphatic rings. The van der Waals surface area contributed by atoms with Crippen molar-refractivity contribution in [3.8, 4) is 0 Å². The largest absolute Gasteiger partial charge is 0.349 e. The third-order valence-corrected chi connectivity index (χ3v) is 4.47. The van der Waals surface area contributed by atoms with Crippen LogP contribution in [0, 0.1) is 6.92 Å². The summed E-state index contributed by atoms with van der Waals surface area (Å²) in [6, 6.07) is 16.5. The van der Waals surface area contributed by atoms with Gasteiger partial charge in [0.2, 0.25) is 5.67 Å². The van der Waals surface area contributed by atoms with Crippen molar-refractivity contribution in [1.82, 2.24) is 10.2 Å². The Morgan fingerprint density at radius 1 is 1.16 bits per heavy atom. The molecule has 4 nitrogen and oxygen atoms in total. The maximum atomic E-state index is 15.0. The van der Waals surface area contributed by atoms with Crippen LogP contribution in [0.1, 0.15) is 27.9 Å². The van der Waals surface area contributed by atoms with Crippen LogP contribution in [0.3, 0.4) is 0 Å². The lowest BCUT2D eigenvalue weighted by atomic mass is 10.0. The van der Waals surface area contributed by atoms with Crippen molar-refractivity contribution in [2.24, 2.45) is 0 Å². The van der Waals surface area contributed by atoms with Crippen LogP contribution in [0.15, 0.2) is 54.6 Å². The van der Waals surface area contributed by atoms with Crippen molar-refractivity contribution in [2.75, 3.05) is 13.1 Å². The zero-order valence-electron chi connectivity index (χ0n) is 14.2. The number of likely N-dealkylation sites (tertiary alicyclic amines) is 1. The van der Waals surface area contributed by atoms with Gasteiger partial charge >= 0.3 is 0 Å². The summed E-state index contributed by atoms with van der Waals surface area (Å²) in [6.45, 7) is 2.21. The number of nitrogens with zero attached hydrogens (tertiary/aromatic N) is 1. The fourth-order valence-electron chi connectivity index (χ4n) is 3.03. The summed E-state index contributed by atoms with van der Waals surface area (Å²) >= 11 is 0. The topological polar surface area (TPSA) is 49.4 Å². The van der Waals surface area contributed by atoms with Gasteiger partial charge in [0, 0.05) is 25.1 Å². The zero-order chi connectivity index (χ0) is 17.9. The van der Waals surface area contributed by atoms with Crippen molar-refractivity contribution in [3.05, 3.63) is 71.3 Å². The molecule has 0 aliphatic carbocycles. The summed E-state index contributed by atoms with van der Waals surface area (Å²) in [5.74, 6) is -0.894. The molecule has 3 rings (SSSR count). The van der Waals surface area contributed by atoms with Gasteiger partial charge in [0.25, 0.3) is 11.8 Å². The highest BCUT2D eigenvalue weighted by molar-refractivity contribution is 5.96. The molecule has 1 aliphatic heterocycles. The maximum Gasteiger partial charge on any atom is 0.259 e. The van der Waals surface area contributed by atoms with Crippen molar-refractivity contribution in [3.63, 3.8) is 0 Å². The SMILES string of the molecule is Cc1cccc(C(=O)N2CCC(F)(C(=O)NCc3ccccc3)C2)c1. The maximum absolute atomic E-state index is 15.0. The molecule has 1 N–H and O–H groups in total. The van der Waals surface area contributed by atoms with Gasteiger partial charge < -0.3 is 10.2 Å². The fourth-order valence-corrected chi connectivity index (χ4v) is 3.03. The number of hydrogen-bond donors (Lipinski definition) is 1. The standard InChI is InChI=1S/C20H21FN2O2/c1-15-6-5-9-17(12-15)18(24)23-11-10-20(21,14-23)19(25)22-13-16-7-3-2-4-8-16/h2-9,12H,10-11,13-14H2,1H3,(H,22,25). The van der Waals surface area contributed by atoms with Crippen LogP contribution in [-0.2, 0) is 11.3 Å². The number of benzene rings is 2. The molecule has 2 aromatic rings. The van der Waals surface area contributed by atoms with E-state index in [1.165, 1.54) is 4.90 Å². The molecule has 1 saturated heterocycles. The Morgan fingerprint density at radius 3 is 2.64 bits per heavy atom. The molecule has 0 aromatic heterocycles. The van der Waals surface area contributed by atoms with Crippen LogP contribution in [0.5, 0.6) is 0 Å². The summed E-state index contributed by atoms with van der Waals surface area (Å²) in [6.07, 6.45) is 0.0190. The van der Waals surface area contributed by atoms with E-state index in [9.17, 15) is 9.59 Å². The summed E-state index contributed by atoms with van der Waals surface area (Å²) in [4.78, 5) is 26.2. The average molecular weight is 340 g/mol. The molecular formula is C20H21FN2O2. The van der Waals surface area contributed by atoms with E-state index in [0.717, 1.165) is 11.1 Å². The predicted molar refractivity (Wildman–Crippen MR) is 93.8 cm³/mol. The number of alkyl halides is 1. The molecule has 1 unspecified atom stereocenters. The number of halogens is 1. The number of aryl methyl sites for hydroxylation is 1. The third-order valence-electron chi connectivity index (χ3n) is 4.47. The van der Waals surface area contributed by atoms with Crippen molar-refractivity contribution < 1.29 is 14.0 Å². The van der Waals surface area contributed by atoms with E-state index in [1.807, 2.05) is 43.3 Å². The molecule has 0 radical (unpaired) electrons. The van der Waals surface area contributed by atoms with E-state index < -0.39 is 11.6 Å². The summed E-state index contributed by atoms with van der Waals surface area (Å²) in [5, 5.41) is 2.64. The minimum atomic E-state index is -2.03. The predicted octanol–water partition coefficient (Wildman–Crippen LogP) is 2.87. The van der Waals surface area contributed by atoms with Crippen LogP contribution in [0.25, 0.3) is 0 Å². The number of rotatable bonds is 4. The van der Waals surface area contributed by atoms with Crippen LogP contribution >= 0.6 is 0 Å². The number of carbonyl (C=O) groups is 2. The molecule has 0 bridgehead atoms. The number of nitrogens with one attached hydrogen (secondary N) is 1. The Balaban J connectivity index is 1.62. The molecule has 25 heavy (non-hydrogen) atoms. The van der Waals surface area contributed by atoms with E-state index in [1.54, 1.807) is 18.2 Å². The number of hydrogen-bond acceptors (Lipinski definition) is 2. The molecule has 1 heterocycles. The molecular weight excluding hydrogens is 319 g/mol. The molecule has 2 amide bonds. The Bertz CT molecular complexity index is 778. The van der Waals surface area contributed by atoms with Crippen LogP contribution < -0.4 is 5.32 Å². The van der Waals surface area contributed by atoms with Gasteiger partial charge in [-0.2, -0.15) is 0 Å². The molecule has 1 fully saturated rings. The molecule has 5 heteroatoms. The monoisotopic (exact) mass is 340 g/mol. The van der Waals surface area contributed by atoms with Gasteiger partial charge in [0.1, 0.15) is 0 Å². The van der Waals surface area contributed by atoms with E-state index >= 15 is 4.39 Å². The first-order valence-corrected chi connectivity index (χ1v) is 8.35. The van der Waals surface area contributed by atoms with Crippen LogP contribution in [-0.4, -0.2) is 35.5 Å². The first-order valence-electron chi connectivity index (χ1n) is 8.35. The van der Waals surface area contributed by atoms with Crippen molar-refractivity contribution >= 4 is 11.8 Å². The summed E-state index contributed by atoms with van der Waals surface area (Å²) in [5.41, 5.74) is 0.366. The van der Waals surface area contributed by atoms with Crippen molar-refractivity contribution in [1.29, 1.82) is 0 Å². The summed E-state index contributed by atoms with van der Waals surface area (Å²) < 4.78 is 15.0. The van der Waals surface area contributed by atoms with Gasteiger partial charge in [0.15, 0.2) is 0 Å². The van der Waals surface area contributed by atoms with Gasteiger partial charge in [-0.1, -0.05) is 48.0 Å². The lowest BCUT2D eigenvalue weighted by Crippen LogP contribution is -2.45. The van der Waals surface area contributed by atoms with E-state index in [2.05, 4.69) is 5.32 Å². The lowest BCUT2D eigenvalue weighted by molar-refractivity contribution is -0.132. The second kappa shape index (κ2) is 7.05. The van der Waals surface area contributed by atoms with Crippen LogP contribution in [0.4, 0.5) is 4.39 Å². The van der Waals surface area contributed by atoms with Gasteiger partial charge in [0.05, 0.1) is 6.54 Å². The zero-order valence-corrected chi connectivity index (χ0v) is 14.2. The normalized spacial score (nSPS) is 19.7. The molecule has 2 aromatic carbocycles. The quantitative estimate of drug-likeness (QED) is 0.930. The first kappa shape index (κ1) is 17.1. The Morgan fingerprint density at radius 2 is 1.92 bits per heavy atom. The van der Waals surface area contributed by atoms with Crippen molar-refractivity contribution in [2.45, 2.75) is 25.6 Å². The van der Waals surface area contributed by atoms with Gasteiger partial charge in [-0.25, -0.2) is 4.39 Å². The second-order valence-corrected chi connectivity index (χ2v) is 6.48. The average Bonchev–Trinajstić information content (AvgIpc) is 3.03. The van der Waals surface area contributed by atoms with Gasteiger partial charge in [-0.15, -0.1) is 0 Å². The molecule has 130 valence electrons. The van der Waals surface area contributed by atoms with E-state index in [4.69, 9.17) is 0 Å². The Kier molecular flexibility index (Phi) is 4.83. The molecule has 0 saturated carbocycles. The second-order valence-electron chi connectivity index (χ2n) is 6.48. The first-order chi connectivity index (χ1) is 12.0. The highest BCUT2D eigenvalue weighted by atomic mass is 19.1. The molecule has 1 atom stereocenters. The minimum Gasteiger partial charge on any atom is -0.349 e. The Labute approximate surface area is 146 Å². The highest BCUT2D eigenvalue weighted by Gasteiger charge is 2.46. The van der Waals surface area contributed by atoms with E-state index in [-0.39, 0.29) is 32.0 Å². The van der Waals surface area contributed by atoms with Gasteiger partial charge in [-0.3, -0.25) is 9.59 Å². The third kappa shape index (κ3) is 3.87. The molecule has 0 spiro atoms.